The van der Waals surface area contributed by atoms with E-state index in [-0.39, 0.29) is 24.2 Å². The summed E-state index contributed by atoms with van der Waals surface area (Å²) in [7, 11) is 0. The van der Waals surface area contributed by atoms with Crippen molar-refractivity contribution in [3.63, 3.8) is 0 Å². The van der Waals surface area contributed by atoms with Crippen molar-refractivity contribution < 1.29 is 23.4 Å². The first-order valence-electron chi connectivity index (χ1n) is 17.3. The Labute approximate surface area is 294 Å². The van der Waals surface area contributed by atoms with Crippen molar-refractivity contribution in [3.05, 3.63) is 113 Å². The van der Waals surface area contributed by atoms with E-state index in [1.165, 1.54) is 34.0 Å². The Balaban J connectivity index is 0.923. The van der Waals surface area contributed by atoms with Crippen LogP contribution >= 0.6 is 0 Å². The number of anilines is 2. The first-order valence-corrected chi connectivity index (χ1v) is 17.3. The summed E-state index contributed by atoms with van der Waals surface area (Å²) in [5.41, 5.74) is 1.93. The van der Waals surface area contributed by atoms with Crippen molar-refractivity contribution in [3.8, 4) is 11.4 Å². The standard InChI is InChI=1S/C37H42F2N8O4/c1-3-35(26(2)48)47-36(49)46(25-42-47)31-7-5-29(6-8-31)43-14-16-44(17-15-43)30-9-11-32(12-10-30)50-20-27-19-37(51-21-27,22-45-24-40-23-41-45)33-13-4-28(38)18-34(33)39/h4-13,18,23-27,35,48H,3,14-17,19-22H2,1-2H3/t26-,27-,35?,37+/m0/s1. The van der Waals surface area contributed by atoms with Gasteiger partial charge in [-0.05, 0) is 74.4 Å². The zero-order chi connectivity index (χ0) is 35.5. The molecule has 12 nitrogen and oxygen atoms in total. The third kappa shape index (κ3) is 7.24. The van der Waals surface area contributed by atoms with Crippen LogP contribution in [-0.2, 0) is 16.9 Å². The molecule has 0 spiro atoms. The van der Waals surface area contributed by atoms with Crippen molar-refractivity contribution in [2.24, 2.45) is 5.92 Å². The van der Waals surface area contributed by atoms with Crippen LogP contribution in [0.2, 0.25) is 0 Å². The fourth-order valence-electron chi connectivity index (χ4n) is 7.24. The first-order chi connectivity index (χ1) is 24.7. The highest BCUT2D eigenvalue weighted by molar-refractivity contribution is 5.54. The number of benzene rings is 3. The molecule has 2 fully saturated rings. The van der Waals surface area contributed by atoms with Crippen molar-refractivity contribution in [2.75, 3.05) is 49.2 Å². The molecule has 0 aliphatic carbocycles. The molecule has 1 unspecified atom stereocenters. The maximum atomic E-state index is 15.0. The van der Waals surface area contributed by atoms with Gasteiger partial charge in [0.2, 0.25) is 0 Å². The second-order valence-electron chi connectivity index (χ2n) is 13.3. The molecule has 3 aromatic carbocycles. The van der Waals surface area contributed by atoms with Crippen molar-refractivity contribution in [1.29, 1.82) is 0 Å². The van der Waals surface area contributed by atoms with Gasteiger partial charge in [0, 0.05) is 55.1 Å². The SMILES string of the molecule is CCC([C@H](C)O)n1ncn(-c2ccc(N3CCN(c4ccc(OC[C@H]5CO[C@](Cn6cncn6)(c6ccc(F)cc6F)C5)cc4)CC3)cc2)c1=O. The topological polar surface area (TPSA) is 116 Å². The molecule has 0 radical (unpaired) electrons. The molecule has 2 aliphatic heterocycles. The highest BCUT2D eigenvalue weighted by Crippen LogP contribution is 2.42. The number of hydrogen-bond acceptors (Lipinski definition) is 9. The number of ether oxygens (including phenoxy) is 2. The molecule has 0 bridgehead atoms. The zero-order valence-corrected chi connectivity index (χ0v) is 28.7. The van der Waals surface area contributed by atoms with Crippen LogP contribution < -0.4 is 20.2 Å². The van der Waals surface area contributed by atoms with E-state index in [4.69, 9.17) is 9.47 Å². The molecule has 0 saturated carbocycles. The minimum absolute atomic E-state index is 0.0121. The molecular weight excluding hydrogens is 658 g/mol. The van der Waals surface area contributed by atoms with Crippen LogP contribution in [-0.4, -0.2) is 79.7 Å². The van der Waals surface area contributed by atoms with E-state index < -0.39 is 23.3 Å². The van der Waals surface area contributed by atoms with E-state index in [0.29, 0.717) is 31.6 Å². The summed E-state index contributed by atoms with van der Waals surface area (Å²) in [6.07, 6.45) is 4.88. The minimum atomic E-state index is -1.02. The second-order valence-corrected chi connectivity index (χ2v) is 13.3. The molecule has 4 heterocycles. The van der Waals surface area contributed by atoms with Crippen molar-refractivity contribution >= 4 is 11.4 Å². The lowest BCUT2D eigenvalue weighted by atomic mass is 9.87. The van der Waals surface area contributed by atoms with Crippen LogP contribution in [0, 0.1) is 17.6 Å². The molecule has 7 rings (SSSR count). The molecule has 4 atom stereocenters. The van der Waals surface area contributed by atoms with Crippen LogP contribution in [0.4, 0.5) is 20.2 Å². The quantitative estimate of drug-likeness (QED) is 0.200. The maximum absolute atomic E-state index is 15.0. The number of piperazine rings is 1. The van der Waals surface area contributed by atoms with Gasteiger partial charge in [0.25, 0.3) is 0 Å². The lowest BCUT2D eigenvalue weighted by molar-refractivity contribution is -0.0206. The third-order valence-corrected chi connectivity index (χ3v) is 9.96. The monoisotopic (exact) mass is 700 g/mol. The minimum Gasteiger partial charge on any atom is -0.493 e. The van der Waals surface area contributed by atoms with Crippen LogP contribution in [0.3, 0.4) is 0 Å². The fourth-order valence-corrected chi connectivity index (χ4v) is 7.24. The van der Waals surface area contributed by atoms with Crippen LogP contribution in [0.15, 0.2) is 90.5 Å². The van der Waals surface area contributed by atoms with Gasteiger partial charge in [-0.3, -0.25) is 0 Å². The Hall–Kier alpha value is -5.08. The number of halogens is 2. The van der Waals surface area contributed by atoms with E-state index in [1.807, 2.05) is 43.3 Å². The average Bonchev–Trinajstić information content (AvgIpc) is 3.90. The highest BCUT2D eigenvalue weighted by atomic mass is 19.1. The number of nitrogens with zero attached hydrogens (tertiary/aromatic N) is 8. The summed E-state index contributed by atoms with van der Waals surface area (Å²) in [4.78, 5) is 21.7. The number of aromatic nitrogens is 6. The van der Waals surface area contributed by atoms with Gasteiger partial charge >= 0.3 is 5.69 Å². The average molecular weight is 701 g/mol. The molecule has 2 aliphatic rings. The molecule has 268 valence electrons. The van der Waals surface area contributed by atoms with Gasteiger partial charge in [-0.15, -0.1) is 0 Å². The fraction of sp³-hybridized carbons (Fsp3) is 0.405. The van der Waals surface area contributed by atoms with Crippen LogP contribution in [0.1, 0.15) is 38.3 Å². The second kappa shape index (κ2) is 14.6. The van der Waals surface area contributed by atoms with E-state index in [9.17, 15) is 18.7 Å². The number of aliphatic hydroxyl groups excluding tert-OH is 1. The predicted octanol–water partition coefficient (Wildman–Crippen LogP) is 4.57. The molecule has 5 aromatic rings. The van der Waals surface area contributed by atoms with Gasteiger partial charge in [0.1, 0.15) is 42.0 Å². The van der Waals surface area contributed by atoms with Gasteiger partial charge in [-0.1, -0.05) is 13.0 Å². The highest BCUT2D eigenvalue weighted by Gasteiger charge is 2.44. The summed E-state index contributed by atoms with van der Waals surface area (Å²) in [5.74, 6) is -0.563. The summed E-state index contributed by atoms with van der Waals surface area (Å²) in [5, 5.41) is 18.5. The molecule has 0 amide bonds. The molecular formula is C37H42F2N8O4. The summed E-state index contributed by atoms with van der Waals surface area (Å²) in [6.45, 7) is 7.97. The van der Waals surface area contributed by atoms with Gasteiger partial charge in [-0.2, -0.15) is 10.2 Å². The summed E-state index contributed by atoms with van der Waals surface area (Å²) >= 11 is 0. The van der Waals surface area contributed by atoms with Crippen LogP contribution in [0.5, 0.6) is 5.75 Å². The molecule has 2 aromatic heterocycles. The van der Waals surface area contributed by atoms with Crippen LogP contribution in [0.25, 0.3) is 5.69 Å². The van der Waals surface area contributed by atoms with Gasteiger partial charge in [0.05, 0.1) is 37.6 Å². The van der Waals surface area contributed by atoms with E-state index in [2.05, 4.69) is 37.1 Å². The largest absolute Gasteiger partial charge is 0.493 e. The molecule has 2 saturated heterocycles. The Kier molecular flexibility index (Phi) is 9.87. The van der Waals surface area contributed by atoms with Crippen molar-refractivity contribution in [2.45, 2.75) is 51.0 Å². The maximum Gasteiger partial charge on any atom is 0.350 e. The Bertz CT molecular complexity index is 1960. The lowest BCUT2D eigenvalue weighted by Crippen LogP contribution is -2.46. The van der Waals surface area contributed by atoms with E-state index in [1.54, 1.807) is 17.9 Å². The molecule has 14 heteroatoms. The smallest absolute Gasteiger partial charge is 0.350 e. The Morgan fingerprint density at radius 2 is 1.61 bits per heavy atom. The first kappa shape index (κ1) is 34.4. The molecule has 51 heavy (non-hydrogen) atoms. The Morgan fingerprint density at radius 3 is 2.22 bits per heavy atom. The van der Waals surface area contributed by atoms with Gasteiger partial charge in [0.15, 0.2) is 0 Å². The summed E-state index contributed by atoms with van der Waals surface area (Å²) < 4.78 is 45.6. The van der Waals surface area contributed by atoms with Crippen molar-refractivity contribution in [1.82, 2.24) is 29.1 Å². The van der Waals surface area contributed by atoms with E-state index >= 15 is 0 Å². The number of rotatable bonds is 12. The Morgan fingerprint density at radius 1 is 0.941 bits per heavy atom. The van der Waals surface area contributed by atoms with Gasteiger partial charge < -0.3 is 24.4 Å². The predicted molar refractivity (Wildman–Crippen MR) is 187 cm³/mol. The number of hydrogen-bond donors (Lipinski definition) is 1. The van der Waals surface area contributed by atoms with Gasteiger partial charge in [-0.25, -0.2) is 32.5 Å². The number of aliphatic hydroxyl groups is 1. The molecule has 1 N–H and O–H groups in total. The normalized spacial score (nSPS) is 20.5. The zero-order valence-electron chi connectivity index (χ0n) is 28.7. The third-order valence-electron chi connectivity index (χ3n) is 9.96. The van der Waals surface area contributed by atoms with E-state index in [0.717, 1.165) is 55.1 Å². The lowest BCUT2D eigenvalue weighted by Gasteiger charge is -2.37. The summed E-state index contributed by atoms with van der Waals surface area (Å²) in [6, 6.07) is 19.2.